The molecule has 1 N–H and O–H groups in total. The molecule has 21 heavy (non-hydrogen) atoms. The molecule has 5 heteroatoms. The number of anilines is 1. The molecule has 0 atom stereocenters. The summed E-state index contributed by atoms with van der Waals surface area (Å²) < 4.78 is 13.8. The monoisotopic (exact) mass is 287 g/mol. The number of hydrogen-bond donors (Lipinski definition) is 1. The van der Waals surface area contributed by atoms with Crippen molar-refractivity contribution >= 4 is 11.6 Å². The summed E-state index contributed by atoms with van der Waals surface area (Å²) in [5.74, 6) is -1.32. The smallest absolute Gasteiger partial charge is 0.256 e. The lowest BCUT2D eigenvalue weighted by Gasteiger charge is -2.27. The first-order valence-corrected chi connectivity index (χ1v) is 6.52. The summed E-state index contributed by atoms with van der Waals surface area (Å²) in [5, 5.41) is 14.5. The molecule has 0 aromatic heterocycles. The molecular formula is C16H16FN2O2-. The Morgan fingerprint density at radius 2 is 2.00 bits per heavy atom. The van der Waals surface area contributed by atoms with E-state index in [1.54, 1.807) is 0 Å². The van der Waals surface area contributed by atoms with Crippen LogP contribution in [-0.2, 0) is 6.54 Å². The quantitative estimate of drug-likeness (QED) is 0.879. The molecular weight excluding hydrogens is 271 g/mol. The molecule has 2 aromatic carbocycles. The van der Waals surface area contributed by atoms with E-state index in [1.165, 1.54) is 19.2 Å². The highest BCUT2D eigenvalue weighted by Crippen LogP contribution is 2.21. The molecule has 0 bridgehead atoms. The molecule has 1 amide bonds. The summed E-state index contributed by atoms with van der Waals surface area (Å²) in [7, 11) is 1.23. The summed E-state index contributed by atoms with van der Waals surface area (Å²) in [4.78, 5) is 12.1. The highest BCUT2D eigenvalue weighted by atomic mass is 19.1. The number of rotatable bonds is 4. The molecule has 0 saturated heterocycles. The van der Waals surface area contributed by atoms with E-state index in [1.807, 2.05) is 31.2 Å². The minimum atomic E-state index is -0.711. The van der Waals surface area contributed by atoms with Gasteiger partial charge in [0.1, 0.15) is 5.82 Å². The van der Waals surface area contributed by atoms with Gasteiger partial charge < -0.3 is 15.6 Å². The first kappa shape index (κ1) is 15.0. The van der Waals surface area contributed by atoms with Gasteiger partial charge in [-0.1, -0.05) is 35.9 Å². The van der Waals surface area contributed by atoms with Crippen molar-refractivity contribution in [2.24, 2.45) is 0 Å². The van der Waals surface area contributed by atoms with Crippen LogP contribution in [-0.4, -0.2) is 13.0 Å². The van der Waals surface area contributed by atoms with Crippen LogP contribution in [0.5, 0.6) is 0 Å². The number of aryl methyl sites for hydroxylation is 1. The van der Waals surface area contributed by atoms with Gasteiger partial charge in [0.2, 0.25) is 0 Å². The highest BCUT2D eigenvalue weighted by Gasteiger charge is 2.16. The fourth-order valence-electron chi connectivity index (χ4n) is 2.09. The van der Waals surface area contributed by atoms with Crippen molar-refractivity contribution < 1.29 is 9.18 Å². The van der Waals surface area contributed by atoms with Gasteiger partial charge in [-0.3, -0.25) is 4.79 Å². The molecule has 2 rings (SSSR count). The molecule has 2 aromatic rings. The number of nitrogens with one attached hydrogen (secondary N) is 1. The Labute approximate surface area is 122 Å². The SMILES string of the molecule is Cc1cccc(CNC(=O)c2c(F)cccc2N(C)[O-])c1. The zero-order valence-corrected chi connectivity index (χ0v) is 11.9. The number of carbonyl (C=O) groups is 1. The molecule has 0 aliphatic carbocycles. The molecule has 0 unspecified atom stereocenters. The van der Waals surface area contributed by atoms with Gasteiger partial charge in [0.25, 0.3) is 5.91 Å². The van der Waals surface area contributed by atoms with Crippen LogP contribution in [0, 0.1) is 17.9 Å². The Kier molecular flexibility index (Phi) is 4.55. The molecule has 0 spiro atoms. The Bertz CT molecular complexity index is 656. The average molecular weight is 287 g/mol. The van der Waals surface area contributed by atoms with Crippen molar-refractivity contribution in [3.05, 3.63) is 70.2 Å². The number of halogens is 1. The number of hydroxylamine groups is 1. The molecule has 110 valence electrons. The van der Waals surface area contributed by atoms with E-state index < -0.39 is 11.7 Å². The molecule has 4 nitrogen and oxygen atoms in total. The second-order valence-electron chi connectivity index (χ2n) is 4.80. The third kappa shape index (κ3) is 3.58. The Morgan fingerprint density at radius 3 is 2.67 bits per heavy atom. The van der Waals surface area contributed by atoms with E-state index in [0.717, 1.165) is 17.2 Å². The minimum absolute atomic E-state index is 0.0109. The van der Waals surface area contributed by atoms with Gasteiger partial charge in [0.05, 0.1) is 5.56 Å². The maximum Gasteiger partial charge on any atom is 0.256 e. The van der Waals surface area contributed by atoms with Gasteiger partial charge in [0.15, 0.2) is 0 Å². The van der Waals surface area contributed by atoms with Crippen molar-refractivity contribution in [2.75, 3.05) is 12.1 Å². The van der Waals surface area contributed by atoms with Gasteiger partial charge in [0, 0.05) is 12.2 Å². The number of benzene rings is 2. The lowest BCUT2D eigenvalue weighted by molar-refractivity contribution is 0.0947. The third-order valence-electron chi connectivity index (χ3n) is 3.09. The number of carbonyl (C=O) groups excluding carboxylic acids is 1. The van der Waals surface area contributed by atoms with E-state index in [4.69, 9.17) is 0 Å². The second kappa shape index (κ2) is 6.37. The van der Waals surface area contributed by atoms with Gasteiger partial charge >= 0.3 is 0 Å². The zero-order valence-electron chi connectivity index (χ0n) is 11.9. The topological polar surface area (TPSA) is 55.4 Å². The molecule has 0 aliphatic heterocycles. The van der Waals surface area contributed by atoms with Gasteiger partial charge in [-0.15, -0.1) is 0 Å². The van der Waals surface area contributed by atoms with Gasteiger partial charge in [-0.05, 0) is 31.7 Å². The predicted octanol–water partition coefficient (Wildman–Crippen LogP) is 3.00. The van der Waals surface area contributed by atoms with E-state index in [-0.39, 0.29) is 17.8 Å². The van der Waals surface area contributed by atoms with E-state index in [2.05, 4.69) is 5.32 Å². The predicted molar refractivity (Wildman–Crippen MR) is 80.5 cm³/mol. The zero-order chi connectivity index (χ0) is 15.4. The molecule has 0 aliphatic rings. The third-order valence-corrected chi connectivity index (χ3v) is 3.09. The summed E-state index contributed by atoms with van der Waals surface area (Å²) in [5.41, 5.74) is 1.77. The van der Waals surface area contributed by atoms with Crippen molar-refractivity contribution in [1.82, 2.24) is 5.32 Å². The highest BCUT2D eigenvalue weighted by molar-refractivity contribution is 6.00. The van der Waals surface area contributed by atoms with Gasteiger partial charge in [-0.2, -0.15) is 0 Å². The van der Waals surface area contributed by atoms with Crippen LogP contribution >= 0.6 is 0 Å². The number of hydrogen-bond acceptors (Lipinski definition) is 3. The minimum Gasteiger partial charge on any atom is -0.758 e. The van der Waals surface area contributed by atoms with Gasteiger partial charge in [-0.25, -0.2) is 4.39 Å². The number of nitrogens with zero attached hydrogens (tertiary/aromatic N) is 1. The van der Waals surface area contributed by atoms with Crippen LogP contribution in [0.3, 0.4) is 0 Å². The van der Waals surface area contributed by atoms with Crippen LogP contribution in [0.4, 0.5) is 10.1 Å². The second-order valence-corrected chi connectivity index (χ2v) is 4.80. The standard InChI is InChI=1S/C16H16FN2O2/c1-11-5-3-6-12(9-11)10-18-16(20)15-13(17)7-4-8-14(15)19(2)21/h3-9H,10H2,1-2H3,(H,18,20)/q-1. The van der Waals surface area contributed by atoms with E-state index >= 15 is 0 Å². The number of amides is 1. The van der Waals surface area contributed by atoms with Crippen molar-refractivity contribution in [3.8, 4) is 0 Å². The van der Waals surface area contributed by atoms with Crippen molar-refractivity contribution in [3.63, 3.8) is 0 Å². The van der Waals surface area contributed by atoms with Crippen LogP contribution in [0.2, 0.25) is 0 Å². The fourth-order valence-corrected chi connectivity index (χ4v) is 2.09. The Morgan fingerprint density at radius 1 is 1.29 bits per heavy atom. The lowest BCUT2D eigenvalue weighted by atomic mass is 10.1. The lowest BCUT2D eigenvalue weighted by Crippen LogP contribution is -2.26. The van der Waals surface area contributed by atoms with Crippen LogP contribution in [0.15, 0.2) is 42.5 Å². The normalized spacial score (nSPS) is 10.3. The first-order chi connectivity index (χ1) is 9.99. The molecule has 0 heterocycles. The molecule has 0 radical (unpaired) electrons. The van der Waals surface area contributed by atoms with Crippen molar-refractivity contribution in [1.29, 1.82) is 0 Å². The van der Waals surface area contributed by atoms with Crippen LogP contribution in [0.1, 0.15) is 21.5 Å². The summed E-state index contributed by atoms with van der Waals surface area (Å²) in [6.45, 7) is 2.23. The summed E-state index contributed by atoms with van der Waals surface area (Å²) in [6, 6.07) is 11.6. The maximum absolute atomic E-state index is 13.8. The average Bonchev–Trinajstić information content (AvgIpc) is 2.44. The Balaban J connectivity index is 2.17. The van der Waals surface area contributed by atoms with E-state index in [9.17, 15) is 14.4 Å². The first-order valence-electron chi connectivity index (χ1n) is 6.52. The van der Waals surface area contributed by atoms with E-state index in [0.29, 0.717) is 5.06 Å². The maximum atomic E-state index is 13.8. The largest absolute Gasteiger partial charge is 0.758 e. The molecule has 0 saturated carbocycles. The molecule has 0 fully saturated rings. The Hall–Kier alpha value is -2.40. The summed E-state index contributed by atoms with van der Waals surface area (Å²) in [6.07, 6.45) is 0. The fraction of sp³-hybridized carbons (Fsp3) is 0.188. The van der Waals surface area contributed by atoms with Crippen LogP contribution in [0.25, 0.3) is 0 Å². The summed E-state index contributed by atoms with van der Waals surface area (Å²) >= 11 is 0. The van der Waals surface area contributed by atoms with Crippen molar-refractivity contribution in [2.45, 2.75) is 13.5 Å². The van der Waals surface area contributed by atoms with Crippen LogP contribution < -0.4 is 10.4 Å².